The molecule has 0 spiro atoms. The van der Waals surface area contributed by atoms with E-state index >= 15 is 0 Å². The van der Waals surface area contributed by atoms with E-state index in [2.05, 4.69) is 23.2 Å². The average Bonchev–Trinajstić information content (AvgIpc) is 2.47. The number of benzene rings is 2. The smallest absolute Gasteiger partial charge is 0.119 e. The lowest BCUT2D eigenvalue weighted by Gasteiger charge is -2.27. The third-order valence-corrected chi connectivity index (χ3v) is 3.56. The highest BCUT2D eigenvalue weighted by atomic mass is 35.5. The molecule has 1 aliphatic rings. The Bertz CT molecular complexity index is 619. The molecular formula is C16H14ClNO. The van der Waals surface area contributed by atoms with Gasteiger partial charge < -0.3 is 9.64 Å². The first-order valence-corrected chi connectivity index (χ1v) is 6.55. The molecule has 1 aliphatic heterocycles. The summed E-state index contributed by atoms with van der Waals surface area (Å²) in [6.45, 7) is 0. The van der Waals surface area contributed by atoms with Gasteiger partial charge in [-0.25, -0.2) is 0 Å². The van der Waals surface area contributed by atoms with Crippen molar-refractivity contribution in [2.75, 3.05) is 12.0 Å². The number of nitrogens with zero attached hydrogens (tertiary/aromatic N) is 1. The molecule has 0 fully saturated rings. The molecule has 2 aromatic carbocycles. The molecule has 2 nitrogen and oxygen atoms in total. The van der Waals surface area contributed by atoms with E-state index in [0.717, 1.165) is 28.6 Å². The van der Waals surface area contributed by atoms with E-state index in [1.165, 1.54) is 5.56 Å². The maximum atomic E-state index is 6.35. The second-order valence-electron chi connectivity index (χ2n) is 4.40. The first-order valence-electron chi connectivity index (χ1n) is 6.17. The van der Waals surface area contributed by atoms with Crippen molar-refractivity contribution < 1.29 is 4.74 Å². The molecule has 0 aliphatic carbocycles. The third kappa shape index (κ3) is 2.20. The highest BCUT2D eigenvalue weighted by Gasteiger charge is 2.17. The van der Waals surface area contributed by atoms with Crippen LogP contribution in [-0.2, 0) is 6.42 Å². The van der Waals surface area contributed by atoms with Crippen LogP contribution in [0, 0.1) is 0 Å². The summed E-state index contributed by atoms with van der Waals surface area (Å²) in [5.41, 5.74) is 3.38. The summed E-state index contributed by atoms with van der Waals surface area (Å²) in [6, 6.07) is 14.0. The van der Waals surface area contributed by atoms with Crippen LogP contribution in [0.25, 0.3) is 0 Å². The highest BCUT2D eigenvalue weighted by molar-refractivity contribution is 6.33. The van der Waals surface area contributed by atoms with Gasteiger partial charge in [-0.3, -0.25) is 0 Å². The summed E-state index contributed by atoms with van der Waals surface area (Å²) in [7, 11) is 1.67. The van der Waals surface area contributed by atoms with Crippen LogP contribution in [0.5, 0.6) is 5.75 Å². The van der Waals surface area contributed by atoms with Crippen LogP contribution in [0.1, 0.15) is 5.56 Å². The molecule has 19 heavy (non-hydrogen) atoms. The van der Waals surface area contributed by atoms with Crippen molar-refractivity contribution in [2.45, 2.75) is 6.42 Å². The van der Waals surface area contributed by atoms with Crippen molar-refractivity contribution in [2.24, 2.45) is 0 Å². The molecule has 0 saturated carbocycles. The zero-order valence-electron chi connectivity index (χ0n) is 10.6. The lowest BCUT2D eigenvalue weighted by Crippen LogP contribution is -2.14. The van der Waals surface area contributed by atoms with Crippen LogP contribution < -0.4 is 9.64 Å². The second kappa shape index (κ2) is 4.98. The topological polar surface area (TPSA) is 12.5 Å². The van der Waals surface area contributed by atoms with Crippen molar-refractivity contribution in [1.29, 1.82) is 0 Å². The lowest BCUT2D eigenvalue weighted by atomic mass is 10.0. The Hall–Kier alpha value is -1.93. The van der Waals surface area contributed by atoms with Crippen molar-refractivity contribution in [3.05, 3.63) is 65.3 Å². The quantitative estimate of drug-likeness (QED) is 0.794. The minimum Gasteiger partial charge on any atom is -0.497 e. The number of hydrogen-bond donors (Lipinski definition) is 0. The number of methoxy groups -OCH3 is 1. The van der Waals surface area contributed by atoms with Crippen LogP contribution in [0.2, 0.25) is 5.02 Å². The fourth-order valence-corrected chi connectivity index (χ4v) is 2.60. The summed E-state index contributed by atoms with van der Waals surface area (Å²) < 4.78 is 5.19. The first kappa shape index (κ1) is 12.1. The number of anilines is 2. The van der Waals surface area contributed by atoms with Gasteiger partial charge in [0.25, 0.3) is 0 Å². The van der Waals surface area contributed by atoms with Gasteiger partial charge in [0.1, 0.15) is 5.75 Å². The Kier molecular flexibility index (Phi) is 3.18. The molecule has 3 rings (SSSR count). The Morgan fingerprint density at radius 3 is 2.63 bits per heavy atom. The van der Waals surface area contributed by atoms with Crippen LogP contribution in [0.15, 0.2) is 54.7 Å². The molecule has 2 aromatic rings. The summed E-state index contributed by atoms with van der Waals surface area (Å²) in [4.78, 5) is 2.11. The highest BCUT2D eigenvalue weighted by Crippen LogP contribution is 2.38. The maximum absolute atomic E-state index is 6.35. The van der Waals surface area contributed by atoms with Gasteiger partial charge >= 0.3 is 0 Å². The van der Waals surface area contributed by atoms with Crippen LogP contribution >= 0.6 is 11.6 Å². The van der Waals surface area contributed by atoms with Gasteiger partial charge in [-0.2, -0.15) is 0 Å². The minimum absolute atomic E-state index is 0.776. The first-order chi connectivity index (χ1) is 9.29. The Morgan fingerprint density at radius 1 is 1.11 bits per heavy atom. The Labute approximate surface area is 117 Å². The van der Waals surface area contributed by atoms with E-state index in [9.17, 15) is 0 Å². The standard InChI is InChI=1S/C16H14ClNO/c1-19-14-9-7-13(8-10-14)18-11-3-5-12-4-2-6-15(17)16(12)18/h2-4,6-11H,5H2,1H3. The van der Waals surface area contributed by atoms with Crippen molar-refractivity contribution in [1.82, 2.24) is 0 Å². The molecule has 0 bridgehead atoms. The van der Waals surface area contributed by atoms with Gasteiger partial charge in [-0.05, 0) is 42.3 Å². The van der Waals surface area contributed by atoms with Crippen LogP contribution in [-0.4, -0.2) is 7.11 Å². The van der Waals surface area contributed by atoms with Crippen molar-refractivity contribution in [3.63, 3.8) is 0 Å². The van der Waals surface area contributed by atoms with E-state index in [1.807, 2.05) is 36.4 Å². The van der Waals surface area contributed by atoms with E-state index in [0.29, 0.717) is 0 Å². The molecule has 96 valence electrons. The molecule has 0 radical (unpaired) electrons. The van der Waals surface area contributed by atoms with Gasteiger partial charge in [0, 0.05) is 11.9 Å². The van der Waals surface area contributed by atoms with Gasteiger partial charge in [0.2, 0.25) is 0 Å². The number of ether oxygens (including phenoxy) is 1. The minimum atomic E-state index is 0.776. The van der Waals surface area contributed by atoms with E-state index in [1.54, 1.807) is 7.11 Å². The van der Waals surface area contributed by atoms with Crippen LogP contribution in [0.4, 0.5) is 11.4 Å². The molecule has 0 unspecified atom stereocenters. The van der Waals surface area contributed by atoms with Crippen molar-refractivity contribution in [3.8, 4) is 5.75 Å². The number of halogens is 1. The Balaban J connectivity index is 2.06. The normalized spacial score (nSPS) is 13.3. The molecule has 0 saturated heterocycles. The zero-order chi connectivity index (χ0) is 13.2. The molecule has 3 heteroatoms. The van der Waals surface area contributed by atoms with Gasteiger partial charge in [0.15, 0.2) is 0 Å². The number of allylic oxidation sites excluding steroid dienone is 1. The summed E-state index contributed by atoms with van der Waals surface area (Å²) in [6.07, 6.45) is 5.13. The fraction of sp³-hybridized carbons (Fsp3) is 0.125. The summed E-state index contributed by atoms with van der Waals surface area (Å²) in [5, 5.41) is 0.776. The van der Waals surface area contributed by atoms with E-state index < -0.39 is 0 Å². The number of rotatable bonds is 2. The van der Waals surface area contributed by atoms with Gasteiger partial charge in [-0.1, -0.05) is 29.8 Å². The molecular weight excluding hydrogens is 258 g/mol. The number of hydrogen-bond acceptors (Lipinski definition) is 2. The predicted octanol–water partition coefficient (Wildman–Crippen LogP) is 4.56. The maximum Gasteiger partial charge on any atom is 0.119 e. The largest absolute Gasteiger partial charge is 0.497 e. The van der Waals surface area contributed by atoms with Crippen LogP contribution in [0.3, 0.4) is 0 Å². The van der Waals surface area contributed by atoms with Gasteiger partial charge in [0.05, 0.1) is 17.8 Å². The fourth-order valence-electron chi connectivity index (χ4n) is 2.31. The lowest BCUT2D eigenvalue weighted by molar-refractivity contribution is 0.415. The molecule has 0 aromatic heterocycles. The number of para-hydroxylation sites is 1. The molecule has 0 atom stereocenters. The molecule has 0 N–H and O–H groups in total. The third-order valence-electron chi connectivity index (χ3n) is 3.25. The van der Waals surface area contributed by atoms with E-state index in [4.69, 9.17) is 16.3 Å². The monoisotopic (exact) mass is 271 g/mol. The van der Waals surface area contributed by atoms with Crippen molar-refractivity contribution >= 4 is 23.0 Å². The zero-order valence-corrected chi connectivity index (χ0v) is 11.4. The SMILES string of the molecule is COc1ccc(N2C=CCc3cccc(Cl)c32)cc1. The molecule has 0 amide bonds. The summed E-state index contributed by atoms with van der Waals surface area (Å²) in [5.74, 6) is 0.851. The molecule has 1 heterocycles. The van der Waals surface area contributed by atoms with Gasteiger partial charge in [-0.15, -0.1) is 0 Å². The predicted molar refractivity (Wildman–Crippen MR) is 79.4 cm³/mol. The van der Waals surface area contributed by atoms with E-state index in [-0.39, 0.29) is 0 Å². The average molecular weight is 272 g/mol. The second-order valence-corrected chi connectivity index (χ2v) is 4.81. The summed E-state index contributed by atoms with van der Waals surface area (Å²) >= 11 is 6.35. The number of fused-ring (bicyclic) bond motifs is 1. The Morgan fingerprint density at radius 2 is 1.89 bits per heavy atom.